The van der Waals surface area contributed by atoms with Crippen molar-refractivity contribution in [1.82, 2.24) is 5.01 Å². The van der Waals surface area contributed by atoms with Gasteiger partial charge in [-0.05, 0) is 12.3 Å². The molecule has 0 aromatic carbocycles. The van der Waals surface area contributed by atoms with E-state index in [9.17, 15) is 9.70 Å². The molecule has 2 amide bonds. The zero-order valence-electron chi connectivity index (χ0n) is 6.57. The lowest BCUT2D eigenvalue weighted by molar-refractivity contribution is 0.204. The van der Waals surface area contributed by atoms with Crippen LogP contribution in [0.5, 0.6) is 0 Å². The number of carbonyl (C=O) groups is 1. The van der Waals surface area contributed by atoms with Crippen molar-refractivity contribution in [1.29, 1.82) is 0 Å². The van der Waals surface area contributed by atoms with Crippen LogP contribution in [0, 0.1) is 10.8 Å². The fourth-order valence-electron chi connectivity index (χ4n) is 0.784. The molecular formula is C5H9N3O2. The summed E-state index contributed by atoms with van der Waals surface area (Å²) in [5.74, 6) is -0.0206. The van der Waals surface area contributed by atoms with Gasteiger partial charge in [-0.1, -0.05) is 6.92 Å². The number of nitroso groups, excluding NO2 is 1. The molecule has 1 saturated carbocycles. The van der Waals surface area contributed by atoms with Crippen molar-refractivity contribution in [3.8, 4) is 0 Å². The normalized spacial score (nSPS) is 38.1. The van der Waals surface area contributed by atoms with Gasteiger partial charge < -0.3 is 5.73 Å². The van der Waals surface area contributed by atoms with Gasteiger partial charge in [0, 0.05) is 0 Å². The maximum atomic E-state index is 10.5. The summed E-state index contributed by atoms with van der Waals surface area (Å²) in [6.07, 6.45) is 0.460. The lowest BCUT2D eigenvalue weighted by atomic mass is 10.5. The summed E-state index contributed by atoms with van der Waals surface area (Å²) in [5, 5.41) is 2.88. The van der Waals surface area contributed by atoms with Crippen LogP contribution in [0.2, 0.25) is 0 Å². The van der Waals surface area contributed by atoms with E-state index in [0.29, 0.717) is 11.4 Å². The quantitative estimate of drug-likeness (QED) is 0.348. The van der Waals surface area contributed by atoms with Gasteiger partial charge >= 0.3 is 6.03 Å². The molecule has 0 bridgehead atoms. The Balaban J connectivity index is 2.71. The number of rotatable bonds is 2. The molecule has 2 N–H and O–H groups in total. The Hall–Kier alpha value is -1.13. The lowest BCUT2D eigenvalue weighted by Gasteiger charge is -2.07. The predicted molar refractivity (Wildman–Crippen MR) is 34.8 cm³/mol. The minimum atomic E-state index is -1.17. The molecule has 0 heterocycles. The maximum absolute atomic E-state index is 10.5. The van der Waals surface area contributed by atoms with Crippen LogP contribution in [0.25, 0.3) is 0 Å². The average molecular weight is 145 g/mol. The summed E-state index contributed by atoms with van der Waals surface area (Å²) >= 11 is 0. The Morgan fingerprint density at radius 2 is 2.50 bits per heavy atom. The summed E-state index contributed by atoms with van der Waals surface area (Å²) < 4.78 is 7.47. The number of amides is 2. The topological polar surface area (TPSA) is 75.8 Å². The minimum Gasteiger partial charge on any atom is -0.350 e. The van der Waals surface area contributed by atoms with Crippen LogP contribution in [-0.2, 0) is 0 Å². The highest BCUT2D eigenvalue weighted by Crippen LogP contribution is 2.34. The van der Waals surface area contributed by atoms with Gasteiger partial charge in [0.15, 0.2) is 0 Å². The van der Waals surface area contributed by atoms with Crippen LogP contribution in [0.1, 0.15) is 14.7 Å². The third kappa shape index (κ3) is 1.07. The molecule has 0 unspecified atom stereocenters. The number of urea groups is 1. The molecule has 0 spiro atoms. The number of primary amides is 1. The van der Waals surface area contributed by atoms with E-state index in [1.807, 2.05) is 0 Å². The fraction of sp³-hybridized carbons (Fsp3) is 0.800. The standard InChI is InChI=1S/C5H9N3O2/c1-3-2-4(3)8(7-10)5(6)9/h3-4H,2H2,1H3,(H2,6,9)/t3-,4+/m0/s1/i4D,7+1. The van der Waals surface area contributed by atoms with Gasteiger partial charge in [0.2, 0.25) is 0 Å². The Kier molecular flexibility index (Phi) is 1.26. The van der Waals surface area contributed by atoms with Crippen LogP contribution in [0.4, 0.5) is 4.79 Å². The first-order valence-corrected chi connectivity index (χ1v) is 2.95. The second kappa shape index (κ2) is 2.24. The van der Waals surface area contributed by atoms with E-state index in [1.54, 1.807) is 6.92 Å². The van der Waals surface area contributed by atoms with Crippen molar-refractivity contribution >= 4 is 6.03 Å². The summed E-state index contributed by atoms with van der Waals surface area (Å²) in [7, 11) is 0. The molecule has 0 aromatic heterocycles. The van der Waals surface area contributed by atoms with E-state index in [-0.39, 0.29) is 5.92 Å². The first kappa shape index (κ1) is 5.64. The number of carbonyl (C=O) groups excluding carboxylic acids is 1. The Bertz CT molecular complexity index is 210. The summed E-state index contributed by atoms with van der Waals surface area (Å²) in [5.41, 5.74) is 4.81. The van der Waals surface area contributed by atoms with Crippen LogP contribution in [0.3, 0.4) is 0 Å². The highest BCUT2D eigenvalue weighted by atomic mass is 16.5. The Labute approximate surface area is 59.5 Å². The van der Waals surface area contributed by atoms with Gasteiger partial charge in [-0.25, -0.2) is 4.79 Å². The van der Waals surface area contributed by atoms with Crippen molar-refractivity contribution in [3.63, 3.8) is 0 Å². The van der Waals surface area contributed by atoms with Gasteiger partial charge in [-0.2, -0.15) is 5.01 Å². The van der Waals surface area contributed by atoms with Gasteiger partial charge in [-0.15, -0.1) is 4.91 Å². The molecule has 56 valence electrons. The highest BCUT2D eigenvalue weighted by Gasteiger charge is 2.41. The van der Waals surface area contributed by atoms with Gasteiger partial charge in [0.05, 0.1) is 12.7 Å². The maximum Gasteiger partial charge on any atom is 0.338 e. The molecule has 0 aromatic rings. The molecule has 0 aliphatic heterocycles. The van der Waals surface area contributed by atoms with E-state index in [2.05, 4.69) is 5.29 Å². The van der Waals surface area contributed by atoms with Crippen molar-refractivity contribution in [3.05, 3.63) is 4.91 Å². The lowest BCUT2D eigenvalue weighted by Crippen LogP contribution is -2.33. The van der Waals surface area contributed by atoms with E-state index in [0.717, 1.165) is 0 Å². The molecule has 10 heavy (non-hydrogen) atoms. The third-order valence-corrected chi connectivity index (χ3v) is 1.49. The predicted octanol–water partition coefficient (Wildman–Crippen LogP) is 0.457. The Morgan fingerprint density at radius 1 is 2.00 bits per heavy atom. The monoisotopic (exact) mass is 145 g/mol. The second-order valence-corrected chi connectivity index (χ2v) is 2.33. The third-order valence-electron chi connectivity index (χ3n) is 1.49. The summed E-state index contributed by atoms with van der Waals surface area (Å²) in [6.45, 7) is 1.76. The van der Waals surface area contributed by atoms with Crippen LogP contribution >= 0.6 is 0 Å². The van der Waals surface area contributed by atoms with Crippen molar-refractivity contribution in [2.45, 2.75) is 19.4 Å². The number of nitrogens with zero attached hydrogens (tertiary/aromatic N) is 2. The fourth-order valence-corrected chi connectivity index (χ4v) is 0.784. The molecule has 1 aliphatic rings. The molecule has 1 fully saturated rings. The highest BCUT2D eigenvalue weighted by molar-refractivity contribution is 5.72. The second-order valence-electron chi connectivity index (χ2n) is 2.33. The van der Waals surface area contributed by atoms with Crippen molar-refractivity contribution < 1.29 is 6.17 Å². The molecule has 0 saturated heterocycles. The van der Waals surface area contributed by atoms with Crippen LogP contribution < -0.4 is 5.73 Å². The number of hydrogen-bond acceptors (Lipinski definition) is 3. The SMILES string of the molecule is [2H][C@@]1(N([15N]=O)C(N)=O)C[C@@H]1C. The smallest absolute Gasteiger partial charge is 0.338 e. The molecule has 1 aliphatic carbocycles. The van der Waals surface area contributed by atoms with E-state index < -0.39 is 12.0 Å². The first-order valence-electron chi connectivity index (χ1n) is 3.45. The van der Waals surface area contributed by atoms with Crippen LogP contribution in [-0.4, -0.2) is 17.1 Å². The molecule has 1 rings (SSSR count). The zero-order valence-corrected chi connectivity index (χ0v) is 5.57. The van der Waals surface area contributed by atoms with E-state index >= 15 is 0 Å². The minimum absolute atomic E-state index is 0.0206. The molecular weight excluding hydrogens is 135 g/mol. The van der Waals surface area contributed by atoms with Crippen LogP contribution in [0.15, 0.2) is 5.29 Å². The van der Waals surface area contributed by atoms with Gasteiger partial charge in [0.1, 0.15) is 0 Å². The molecule has 0 radical (unpaired) electrons. The van der Waals surface area contributed by atoms with Gasteiger partial charge in [-0.3, -0.25) is 0 Å². The Morgan fingerprint density at radius 3 is 2.60 bits per heavy atom. The summed E-state index contributed by atoms with van der Waals surface area (Å²) in [4.78, 5) is 20.5. The molecule has 2 atom stereocenters. The molecule has 5 nitrogen and oxygen atoms in total. The first-order chi connectivity index (χ1) is 5.02. The number of nitrogens with two attached hydrogens (primary N) is 1. The van der Waals surface area contributed by atoms with E-state index in [4.69, 9.17) is 7.10 Å². The van der Waals surface area contributed by atoms with Crippen molar-refractivity contribution in [2.24, 2.45) is 16.9 Å². The average Bonchev–Trinajstić information content (AvgIpc) is 2.41. The van der Waals surface area contributed by atoms with Crippen molar-refractivity contribution in [2.75, 3.05) is 0 Å². The van der Waals surface area contributed by atoms with E-state index in [1.165, 1.54) is 0 Å². The largest absolute Gasteiger partial charge is 0.350 e. The molecule has 5 heteroatoms. The number of hydrogen-bond donors (Lipinski definition) is 1. The summed E-state index contributed by atoms with van der Waals surface area (Å²) in [6, 6.07) is -2.13. The zero-order chi connectivity index (χ0) is 8.65. The van der Waals surface area contributed by atoms with Gasteiger partial charge in [0.25, 0.3) is 0 Å².